The van der Waals surface area contributed by atoms with Gasteiger partial charge in [0, 0.05) is 25.5 Å². The number of amides is 1. The molecule has 1 aromatic heterocycles. The highest BCUT2D eigenvalue weighted by Gasteiger charge is 2.08. The lowest BCUT2D eigenvalue weighted by atomic mass is 10.2. The molecule has 0 saturated heterocycles. The topological polar surface area (TPSA) is 82.2 Å². The smallest absolute Gasteiger partial charge is 0.234 e. The maximum absolute atomic E-state index is 11.9. The Morgan fingerprint density at radius 2 is 2.35 bits per heavy atom. The number of carbonyl (C=O) groups excluding carboxylic acids is 1. The van der Waals surface area contributed by atoms with Gasteiger partial charge >= 0.3 is 0 Å². The van der Waals surface area contributed by atoms with E-state index in [4.69, 9.17) is 10.5 Å². The summed E-state index contributed by atoms with van der Waals surface area (Å²) in [5.41, 5.74) is 6.89. The molecular weight excluding hydrogens is 276 g/mol. The third kappa shape index (κ3) is 3.45. The van der Waals surface area contributed by atoms with Crippen molar-refractivity contribution in [2.75, 3.05) is 23.9 Å². The number of benzene rings is 1. The third-order valence-electron chi connectivity index (χ3n) is 2.64. The first-order valence-electron chi connectivity index (χ1n) is 5.93. The van der Waals surface area contributed by atoms with Crippen LogP contribution in [0.3, 0.4) is 0 Å². The average molecular weight is 292 g/mol. The van der Waals surface area contributed by atoms with Gasteiger partial charge in [-0.25, -0.2) is 4.98 Å². The Hall–Kier alpha value is -2.15. The van der Waals surface area contributed by atoms with E-state index in [1.165, 1.54) is 11.8 Å². The Morgan fingerprint density at radius 1 is 1.55 bits per heavy atom. The lowest BCUT2D eigenvalue weighted by Gasteiger charge is -2.09. The van der Waals surface area contributed by atoms with E-state index in [9.17, 15) is 4.79 Å². The second-order valence-corrected chi connectivity index (χ2v) is 5.05. The molecule has 20 heavy (non-hydrogen) atoms. The molecule has 7 heteroatoms. The van der Waals surface area contributed by atoms with Gasteiger partial charge in [0.25, 0.3) is 0 Å². The van der Waals surface area contributed by atoms with Gasteiger partial charge in [0.05, 0.1) is 24.2 Å². The summed E-state index contributed by atoms with van der Waals surface area (Å²) in [6, 6.07) is 5.14. The van der Waals surface area contributed by atoms with Crippen molar-refractivity contribution in [3.8, 4) is 5.75 Å². The number of imidazole rings is 1. The number of hydrogen-bond acceptors (Lipinski definition) is 5. The van der Waals surface area contributed by atoms with Gasteiger partial charge in [-0.3, -0.25) is 4.79 Å². The molecule has 1 aromatic carbocycles. The van der Waals surface area contributed by atoms with Gasteiger partial charge in [-0.1, -0.05) is 11.8 Å². The minimum atomic E-state index is -0.130. The monoisotopic (exact) mass is 292 g/mol. The SMILES string of the molecule is COc1ccc(NC(=O)CSc2nccn2C)c(N)c1. The first-order chi connectivity index (χ1) is 9.60. The standard InChI is InChI=1S/C13H16N4O2S/c1-17-6-5-15-13(17)20-8-12(18)16-11-4-3-9(19-2)7-10(11)14/h3-7H,8,14H2,1-2H3,(H,16,18). The quantitative estimate of drug-likeness (QED) is 0.648. The fourth-order valence-electron chi connectivity index (χ4n) is 1.59. The van der Waals surface area contributed by atoms with E-state index in [0.717, 1.165) is 5.16 Å². The molecule has 0 fully saturated rings. The highest BCUT2D eigenvalue weighted by Crippen LogP contribution is 2.24. The second-order valence-electron chi connectivity index (χ2n) is 4.11. The van der Waals surface area contributed by atoms with Crippen molar-refractivity contribution in [2.45, 2.75) is 5.16 Å². The maximum Gasteiger partial charge on any atom is 0.234 e. The number of nitrogens with zero attached hydrogens (tertiary/aromatic N) is 2. The van der Waals surface area contributed by atoms with Crippen LogP contribution < -0.4 is 15.8 Å². The Kier molecular flexibility index (Phi) is 4.52. The van der Waals surface area contributed by atoms with Gasteiger partial charge in [-0.15, -0.1) is 0 Å². The number of anilines is 2. The van der Waals surface area contributed by atoms with Crippen LogP contribution in [0.2, 0.25) is 0 Å². The van der Waals surface area contributed by atoms with Crippen LogP contribution in [-0.4, -0.2) is 28.3 Å². The summed E-state index contributed by atoms with van der Waals surface area (Å²) < 4.78 is 6.92. The fraction of sp³-hybridized carbons (Fsp3) is 0.231. The number of nitrogens with one attached hydrogen (secondary N) is 1. The Bertz CT molecular complexity index is 612. The zero-order valence-corrected chi connectivity index (χ0v) is 12.1. The van der Waals surface area contributed by atoms with Crippen molar-refractivity contribution >= 4 is 29.0 Å². The summed E-state index contributed by atoms with van der Waals surface area (Å²) in [5.74, 6) is 0.800. The van der Waals surface area contributed by atoms with Crippen LogP contribution in [0.1, 0.15) is 0 Å². The molecular formula is C13H16N4O2S. The molecule has 3 N–H and O–H groups in total. The van der Waals surface area contributed by atoms with E-state index < -0.39 is 0 Å². The molecule has 106 valence electrons. The first kappa shape index (κ1) is 14.3. The summed E-state index contributed by atoms with van der Waals surface area (Å²) in [7, 11) is 3.45. The van der Waals surface area contributed by atoms with Gasteiger partial charge in [0.2, 0.25) is 5.91 Å². The van der Waals surface area contributed by atoms with E-state index in [1.54, 1.807) is 31.5 Å². The first-order valence-corrected chi connectivity index (χ1v) is 6.92. The molecule has 0 bridgehead atoms. The van der Waals surface area contributed by atoms with E-state index >= 15 is 0 Å². The number of hydrogen-bond donors (Lipinski definition) is 2. The number of nitrogen functional groups attached to an aromatic ring is 1. The molecule has 0 aliphatic heterocycles. The van der Waals surface area contributed by atoms with E-state index in [1.807, 2.05) is 17.8 Å². The van der Waals surface area contributed by atoms with Crippen LogP contribution in [0, 0.1) is 0 Å². The third-order valence-corrected chi connectivity index (χ3v) is 3.70. The Balaban J connectivity index is 1.93. The summed E-state index contributed by atoms with van der Waals surface area (Å²) in [4.78, 5) is 16.0. The zero-order chi connectivity index (χ0) is 14.5. The van der Waals surface area contributed by atoms with Crippen molar-refractivity contribution in [3.05, 3.63) is 30.6 Å². The normalized spacial score (nSPS) is 10.3. The average Bonchev–Trinajstić information content (AvgIpc) is 2.84. The van der Waals surface area contributed by atoms with Gasteiger partial charge in [-0.2, -0.15) is 0 Å². The lowest BCUT2D eigenvalue weighted by molar-refractivity contribution is -0.113. The number of ether oxygens (including phenoxy) is 1. The maximum atomic E-state index is 11.9. The molecule has 2 aromatic rings. The van der Waals surface area contributed by atoms with E-state index in [0.29, 0.717) is 17.1 Å². The van der Waals surface area contributed by atoms with Crippen LogP contribution in [0.25, 0.3) is 0 Å². The number of rotatable bonds is 5. The van der Waals surface area contributed by atoms with Crippen LogP contribution in [0.15, 0.2) is 35.7 Å². The number of aryl methyl sites for hydroxylation is 1. The minimum Gasteiger partial charge on any atom is -0.497 e. The highest BCUT2D eigenvalue weighted by molar-refractivity contribution is 7.99. The summed E-state index contributed by atoms with van der Waals surface area (Å²) in [6.07, 6.45) is 3.53. The molecule has 6 nitrogen and oxygen atoms in total. The van der Waals surface area contributed by atoms with E-state index in [2.05, 4.69) is 10.3 Å². The van der Waals surface area contributed by atoms with Crippen LogP contribution in [0.5, 0.6) is 5.75 Å². The summed E-state index contributed by atoms with van der Waals surface area (Å²) >= 11 is 1.37. The number of carbonyl (C=O) groups is 1. The molecule has 0 atom stereocenters. The molecule has 0 radical (unpaired) electrons. The lowest BCUT2D eigenvalue weighted by Crippen LogP contribution is -2.15. The molecule has 0 spiro atoms. The minimum absolute atomic E-state index is 0.130. The van der Waals surface area contributed by atoms with Crippen molar-refractivity contribution in [3.63, 3.8) is 0 Å². The molecule has 0 unspecified atom stereocenters. The summed E-state index contributed by atoms with van der Waals surface area (Å²) in [5, 5.41) is 3.56. The second kappa shape index (κ2) is 6.33. The fourth-order valence-corrected chi connectivity index (χ4v) is 2.32. The Labute approximate surface area is 121 Å². The number of thioether (sulfide) groups is 1. The molecule has 0 saturated carbocycles. The van der Waals surface area contributed by atoms with Gasteiger partial charge in [-0.05, 0) is 12.1 Å². The van der Waals surface area contributed by atoms with Crippen LogP contribution in [0.4, 0.5) is 11.4 Å². The van der Waals surface area contributed by atoms with Crippen molar-refractivity contribution in [1.82, 2.24) is 9.55 Å². The highest BCUT2D eigenvalue weighted by atomic mass is 32.2. The van der Waals surface area contributed by atoms with Crippen molar-refractivity contribution < 1.29 is 9.53 Å². The van der Waals surface area contributed by atoms with Crippen molar-refractivity contribution in [2.24, 2.45) is 7.05 Å². The zero-order valence-electron chi connectivity index (χ0n) is 11.3. The van der Waals surface area contributed by atoms with Gasteiger partial charge < -0.3 is 20.4 Å². The Morgan fingerprint density at radius 3 is 2.95 bits per heavy atom. The predicted molar refractivity (Wildman–Crippen MR) is 80.0 cm³/mol. The molecule has 0 aliphatic rings. The number of nitrogens with two attached hydrogens (primary N) is 1. The number of methoxy groups -OCH3 is 1. The van der Waals surface area contributed by atoms with Gasteiger partial charge in [0.1, 0.15) is 5.75 Å². The molecule has 0 aliphatic carbocycles. The molecule has 1 heterocycles. The predicted octanol–water partition coefficient (Wildman–Crippen LogP) is 1.74. The number of aromatic nitrogens is 2. The van der Waals surface area contributed by atoms with Gasteiger partial charge in [0.15, 0.2) is 5.16 Å². The molecule has 1 amide bonds. The summed E-state index contributed by atoms with van der Waals surface area (Å²) in [6.45, 7) is 0. The van der Waals surface area contributed by atoms with E-state index in [-0.39, 0.29) is 11.7 Å². The largest absolute Gasteiger partial charge is 0.497 e. The van der Waals surface area contributed by atoms with Crippen molar-refractivity contribution in [1.29, 1.82) is 0 Å². The molecule has 2 rings (SSSR count). The van der Waals surface area contributed by atoms with Crippen LogP contribution >= 0.6 is 11.8 Å². The van der Waals surface area contributed by atoms with Crippen LogP contribution in [-0.2, 0) is 11.8 Å².